The molecule has 5 rings (SSSR count). The van der Waals surface area contributed by atoms with Crippen LogP contribution in [0.25, 0.3) is 0 Å². The van der Waals surface area contributed by atoms with E-state index >= 15 is 0 Å². The van der Waals surface area contributed by atoms with Crippen LogP contribution in [0.2, 0.25) is 0 Å². The van der Waals surface area contributed by atoms with E-state index in [1.54, 1.807) is 30.0 Å². The lowest BCUT2D eigenvalue weighted by Gasteiger charge is -2.30. The molecule has 2 aromatic heterocycles. The molecule has 0 radical (unpaired) electrons. The van der Waals surface area contributed by atoms with Crippen molar-refractivity contribution in [3.63, 3.8) is 0 Å². The fourth-order valence-electron chi connectivity index (χ4n) is 5.36. The monoisotopic (exact) mass is 457 g/mol. The number of benzene rings is 1. The van der Waals surface area contributed by atoms with Crippen molar-refractivity contribution in [3.8, 4) is 5.75 Å². The molecule has 0 saturated heterocycles. The maximum absolute atomic E-state index is 14.1. The van der Waals surface area contributed by atoms with E-state index in [0.717, 1.165) is 17.0 Å². The second kappa shape index (κ2) is 8.84. The molecule has 0 aliphatic heterocycles. The van der Waals surface area contributed by atoms with Crippen LogP contribution in [0.15, 0.2) is 33.9 Å². The molecule has 0 spiro atoms. The first-order valence-corrected chi connectivity index (χ1v) is 12.2. The lowest BCUT2D eigenvalue weighted by Crippen LogP contribution is -2.24. The number of fused-ring (bicyclic) bond motifs is 2. The summed E-state index contributed by atoms with van der Waals surface area (Å²) in [7, 11) is 0. The van der Waals surface area contributed by atoms with Gasteiger partial charge in [-0.3, -0.25) is 4.57 Å². The summed E-state index contributed by atoms with van der Waals surface area (Å²) in [5.41, 5.74) is 0. The molecule has 2 fully saturated rings. The van der Waals surface area contributed by atoms with E-state index in [1.807, 2.05) is 13.8 Å². The van der Waals surface area contributed by atoms with Gasteiger partial charge in [-0.1, -0.05) is 35.5 Å². The normalized spacial score (nSPS) is 24.1. The van der Waals surface area contributed by atoms with Crippen LogP contribution in [0.3, 0.4) is 0 Å². The number of halogens is 1. The van der Waals surface area contributed by atoms with E-state index in [2.05, 4.69) is 31.8 Å². The van der Waals surface area contributed by atoms with Gasteiger partial charge >= 0.3 is 0 Å². The molecule has 1 aromatic carbocycles. The van der Waals surface area contributed by atoms with Crippen LogP contribution in [0.1, 0.15) is 68.4 Å². The quantitative estimate of drug-likeness (QED) is 0.411. The Labute approximate surface area is 191 Å². The number of para-hydroxylation sites is 1. The van der Waals surface area contributed by atoms with Crippen LogP contribution in [0.4, 0.5) is 4.39 Å². The Morgan fingerprint density at radius 3 is 2.75 bits per heavy atom. The van der Waals surface area contributed by atoms with E-state index < -0.39 is 0 Å². The van der Waals surface area contributed by atoms with Gasteiger partial charge in [0.15, 0.2) is 28.4 Å². The predicted molar refractivity (Wildman–Crippen MR) is 118 cm³/mol. The van der Waals surface area contributed by atoms with Crippen LogP contribution in [-0.4, -0.2) is 24.9 Å². The summed E-state index contributed by atoms with van der Waals surface area (Å²) in [6.45, 7) is 6.25. The highest BCUT2D eigenvalue weighted by molar-refractivity contribution is 7.99. The van der Waals surface area contributed by atoms with Gasteiger partial charge in [-0.15, -0.1) is 10.2 Å². The summed E-state index contributed by atoms with van der Waals surface area (Å²) < 4.78 is 27.4. The zero-order valence-corrected chi connectivity index (χ0v) is 19.4. The van der Waals surface area contributed by atoms with Crippen LogP contribution >= 0.6 is 11.8 Å². The molecular formula is C23H28FN5O2S. The third-order valence-electron chi connectivity index (χ3n) is 6.92. The third-order valence-corrected chi connectivity index (χ3v) is 7.97. The van der Waals surface area contributed by atoms with Gasteiger partial charge < -0.3 is 9.26 Å². The SMILES string of the molecule is Cc1noc(C(C)Sc2nnc(COc3ccccc3F)n2C(C)C2CC3CCC2C3)n1. The van der Waals surface area contributed by atoms with Crippen LogP contribution in [-0.2, 0) is 6.61 Å². The highest BCUT2D eigenvalue weighted by Gasteiger charge is 2.43. The van der Waals surface area contributed by atoms with Gasteiger partial charge in [-0.2, -0.15) is 4.98 Å². The minimum Gasteiger partial charge on any atom is -0.483 e. The maximum atomic E-state index is 14.1. The van der Waals surface area contributed by atoms with Crippen molar-refractivity contribution in [1.82, 2.24) is 24.9 Å². The van der Waals surface area contributed by atoms with E-state index in [-0.39, 0.29) is 29.5 Å². The molecular weight excluding hydrogens is 429 g/mol. The van der Waals surface area contributed by atoms with Gasteiger partial charge in [-0.05, 0) is 69.9 Å². The van der Waals surface area contributed by atoms with Gasteiger partial charge in [-0.25, -0.2) is 4.39 Å². The number of ether oxygens (including phenoxy) is 1. The number of hydrogen-bond donors (Lipinski definition) is 0. The van der Waals surface area contributed by atoms with Crippen LogP contribution in [0, 0.1) is 30.5 Å². The molecule has 5 unspecified atom stereocenters. The first-order chi connectivity index (χ1) is 15.5. The van der Waals surface area contributed by atoms with Crippen LogP contribution < -0.4 is 4.74 Å². The standard InChI is InChI=1S/C23H28FN5O2S/c1-13(18-11-16-8-9-17(18)10-16)29-21(12-30-20-7-5-4-6-19(20)24)26-27-23(29)32-14(2)22-25-15(3)28-31-22/h4-7,13-14,16-18H,8-12H2,1-3H3. The summed E-state index contributed by atoms with van der Waals surface area (Å²) in [5.74, 6) is 3.93. The number of nitrogens with zero attached hydrogens (tertiary/aromatic N) is 5. The van der Waals surface area contributed by atoms with Crippen molar-refractivity contribution in [2.24, 2.45) is 17.8 Å². The summed E-state index contributed by atoms with van der Waals surface area (Å²) in [6.07, 6.45) is 5.25. The molecule has 2 aliphatic carbocycles. The lowest BCUT2D eigenvalue weighted by molar-refractivity contribution is 0.215. The Morgan fingerprint density at radius 2 is 2.06 bits per heavy atom. The highest BCUT2D eigenvalue weighted by atomic mass is 32.2. The molecule has 3 aromatic rings. The summed E-state index contributed by atoms with van der Waals surface area (Å²) in [6, 6.07) is 6.67. The van der Waals surface area contributed by atoms with E-state index in [1.165, 1.54) is 31.7 Å². The molecule has 2 heterocycles. The third kappa shape index (κ3) is 4.14. The lowest BCUT2D eigenvalue weighted by atomic mass is 9.84. The molecule has 0 amide bonds. The Hall–Kier alpha value is -2.42. The van der Waals surface area contributed by atoms with Crippen molar-refractivity contribution >= 4 is 11.8 Å². The zero-order valence-electron chi connectivity index (χ0n) is 18.6. The number of aryl methyl sites for hydroxylation is 1. The minimum atomic E-state index is -0.380. The Balaban J connectivity index is 1.41. The molecule has 0 N–H and O–H groups in total. The maximum Gasteiger partial charge on any atom is 0.239 e. The van der Waals surface area contributed by atoms with Gasteiger partial charge in [0, 0.05) is 6.04 Å². The van der Waals surface area contributed by atoms with Crippen LogP contribution in [0.5, 0.6) is 5.75 Å². The topological polar surface area (TPSA) is 78.9 Å². The number of hydrogen-bond acceptors (Lipinski definition) is 7. The van der Waals surface area contributed by atoms with Crippen molar-refractivity contribution in [2.75, 3.05) is 0 Å². The van der Waals surface area contributed by atoms with E-state index in [9.17, 15) is 4.39 Å². The Bertz CT molecular complexity index is 1090. The molecule has 2 bridgehead atoms. The van der Waals surface area contributed by atoms with E-state index in [0.29, 0.717) is 23.5 Å². The predicted octanol–water partition coefficient (Wildman–Crippen LogP) is 5.54. The summed E-state index contributed by atoms with van der Waals surface area (Å²) in [5, 5.41) is 13.6. The Morgan fingerprint density at radius 1 is 1.22 bits per heavy atom. The average Bonchev–Trinajstić information content (AvgIpc) is 3.57. The molecule has 32 heavy (non-hydrogen) atoms. The molecule has 170 valence electrons. The van der Waals surface area contributed by atoms with E-state index in [4.69, 9.17) is 9.26 Å². The second-order valence-corrected chi connectivity index (χ2v) is 10.3. The van der Waals surface area contributed by atoms with Crippen molar-refractivity contribution in [1.29, 1.82) is 0 Å². The fourth-order valence-corrected chi connectivity index (χ4v) is 6.35. The number of thioether (sulfide) groups is 1. The smallest absolute Gasteiger partial charge is 0.239 e. The van der Waals surface area contributed by atoms with Gasteiger partial charge in [0.25, 0.3) is 0 Å². The van der Waals surface area contributed by atoms with Gasteiger partial charge in [0.05, 0.1) is 5.25 Å². The van der Waals surface area contributed by atoms with Crippen molar-refractivity contribution in [3.05, 3.63) is 47.6 Å². The second-order valence-electron chi connectivity index (χ2n) is 9.01. The minimum absolute atomic E-state index is 0.0632. The van der Waals surface area contributed by atoms with Crippen molar-refractivity contribution < 1.29 is 13.7 Å². The fraction of sp³-hybridized carbons (Fsp3) is 0.565. The molecule has 2 aliphatic rings. The molecule has 2 saturated carbocycles. The molecule has 9 heteroatoms. The first kappa shape index (κ1) is 21.4. The summed E-state index contributed by atoms with van der Waals surface area (Å²) in [4.78, 5) is 4.36. The largest absolute Gasteiger partial charge is 0.483 e. The van der Waals surface area contributed by atoms with Gasteiger partial charge in [0.1, 0.15) is 6.61 Å². The highest BCUT2D eigenvalue weighted by Crippen LogP contribution is 2.52. The number of rotatable bonds is 8. The Kier molecular flexibility index (Phi) is 5.92. The van der Waals surface area contributed by atoms with Gasteiger partial charge in [0.2, 0.25) is 5.89 Å². The average molecular weight is 458 g/mol. The summed E-state index contributed by atoms with van der Waals surface area (Å²) >= 11 is 1.55. The number of aromatic nitrogens is 5. The molecule has 5 atom stereocenters. The molecule has 7 nitrogen and oxygen atoms in total. The first-order valence-electron chi connectivity index (χ1n) is 11.3. The van der Waals surface area contributed by atoms with Crippen molar-refractivity contribution in [2.45, 2.75) is 69.5 Å². The zero-order chi connectivity index (χ0) is 22.2.